The molecule has 1 aromatic heterocycles. The second-order valence-corrected chi connectivity index (χ2v) is 4.60. The molecule has 5 heteroatoms. The minimum atomic E-state index is -0.881. The van der Waals surface area contributed by atoms with Crippen molar-refractivity contribution >= 4 is 5.97 Å². The van der Waals surface area contributed by atoms with Gasteiger partial charge in [-0.2, -0.15) is 5.10 Å². The molecule has 0 aliphatic heterocycles. The number of hydrogen-bond acceptors (Lipinski definition) is 2. The number of rotatable bonds is 5. The molecule has 0 aliphatic rings. The lowest BCUT2D eigenvalue weighted by atomic mass is 9.94. The number of carboxylic acids is 1. The first-order valence-corrected chi connectivity index (χ1v) is 5.99. The van der Waals surface area contributed by atoms with Gasteiger partial charge in [0, 0.05) is 13.2 Å². The quantitative estimate of drug-likeness (QED) is 0.897. The highest BCUT2D eigenvalue weighted by atomic mass is 19.1. The Morgan fingerprint density at radius 3 is 2.74 bits per heavy atom. The second-order valence-electron chi connectivity index (χ2n) is 4.60. The molecular formula is C14H15FN2O2. The van der Waals surface area contributed by atoms with Crippen LogP contribution in [0, 0.1) is 11.7 Å². The number of aromatic nitrogens is 2. The first-order chi connectivity index (χ1) is 9.04. The zero-order valence-electron chi connectivity index (χ0n) is 10.6. The smallest absolute Gasteiger partial charge is 0.307 e. The Morgan fingerprint density at radius 2 is 2.16 bits per heavy atom. The summed E-state index contributed by atoms with van der Waals surface area (Å²) in [7, 11) is 1.78. The average molecular weight is 262 g/mol. The Balaban J connectivity index is 2.10. The van der Waals surface area contributed by atoms with Gasteiger partial charge in [-0.1, -0.05) is 12.1 Å². The summed E-state index contributed by atoms with van der Waals surface area (Å²) in [6, 6.07) is 6.05. The fraction of sp³-hybridized carbons (Fsp3) is 0.286. The molecule has 0 fully saturated rings. The summed E-state index contributed by atoms with van der Waals surface area (Å²) in [4.78, 5) is 11.3. The van der Waals surface area contributed by atoms with Gasteiger partial charge in [0.15, 0.2) is 0 Å². The van der Waals surface area contributed by atoms with Crippen molar-refractivity contribution in [3.63, 3.8) is 0 Å². The van der Waals surface area contributed by atoms with Crippen LogP contribution < -0.4 is 0 Å². The lowest BCUT2D eigenvalue weighted by molar-refractivity contribution is -0.141. The maximum Gasteiger partial charge on any atom is 0.307 e. The molecule has 2 aromatic rings. The van der Waals surface area contributed by atoms with Gasteiger partial charge in [0.05, 0.1) is 12.1 Å². The number of aliphatic carboxylic acids is 1. The van der Waals surface area contributed by atoms with E-state index in [0.717, 1.165) is 5.56 Å². The van der Waals surface area contributed by atoms with Crippen LogP contribution in [0.15, 0.2) is 36.7 Å². The molecule has 1 unspecified atom stereocenters. The lowest BCUT2D eigenvalue weighted by Crippen LogP contribution is -2.19. The van der Waals surface area contributed by atoms with Gasteiger partial charge in [-0.25, -0.2) is 4.39 Å². The van der Waals surface area contributed by atoms with Crippen LogP contribution in [-0.2, 0) is 24.7 Å². The molecule has 0 spiro atoms. The zero-order valence-corrected chi connectivity index (χ0v) is 10.6. The molecule has 1 aromatic carbocycles. The van der Waals surface area contributed by atoms with Crippen LogP contribution in [0.25, 0.3) is 0 Å². The van der Waals surface area contributed by atoms with E-state index in [1.165, 1.54) is 12.1 Å². The summed E-state index contributed by atoms with van der Waals surface area (Å²) < 4.78 is 14.7. The maximum absolute atomic E-state index is 13.1. The Labute approximate surface area is 110 Å². The van der Waals surface area contributed by atoms with Crippen molar-refractivity contribution in [3.05, 3.63) is 53.6 Å². The van der Waals surface area contributed by atoms with Crippen LogP contribution in [0.5, 0.6) is 0 Å². The van der Waals surface area contributed by atoms with Gasteiger partial charge < -0.3 is 5.11 Å². The van der Waals surface area contributed by atoms with E-state index < -0.39 is 11.9 Å². The molecule has 2 rings (SSSR count). The van der Waals surface area contributed by atoms with Crippen molar-refractivity contribution in [2.45, 2.75) is 12.8 Å². The molecule has 0 bridgehead atoms. The lowest BCUT2D eigenvalue weighted by Gasteiger charge is -2.11. The van der Waals surface area contributed by atoms with Crippen molar-refractivity contribution in [3.8, 4) is 0 Å². The number of aryl methyl sites for hydroxylation is 1. The predicted molar refractivity (Wildman–Crippen MR) is 68.1 cm³/mol. The number of carboxylic acid groups (broad SMARTS) is 1. The Hall–Kier alpha value is -2.17. The Morgan fingerprint density at radius 1 is 1.42 bits per heavy atom. The van der Waals surface area contributed by atoms with Gasteiger partial charge in [-0.05, 0) is 36.1 Å². The van der Waals surface area contributed by atoms with Gasteiger partial charge in [0.2, 0.25) is 0 Å². The molecule has 0 saturated heterocycles. The van der Waals surface area contributed by atoms with Gasteiger partial charge in [0.1, 0.15) is 5.82 Å². The molecule has 1 N–H and O–H groups in total. The van der Waals surface area contributed by atoms with Crippen molar-refractivity contribution in [2.75, 3.05) is 0 Å². The fourth-order valence-corrected chi connectivity index (χ4v) is 2.06. The zero-order chi connectivity index (χ0) is 13.8. The van der Waals surface area contributed by atoms with Gasteiger partial charge in [-0.15, -0.1) is 0 Å². The van der Waals surface area contributed by atoms with Gasteiger partial charge in [0.25, 0.3) is 0 Å². The van der Waals surface area contributed by atoms with E-state index in [9.17, 15) is 14.3 Å². The standard InChI is InChI=1S/C14H15FN2O2/c1-17-9-11(8-16-17)6-12(14(18)19)5-10-3-2-4-13(15)7-10/h2-4,7-9,12H,5-6H2,1H3,(H,18,19). The molecule has 0 amide bonds. The molecule has 0 radical (unpaired) electrons. The van der Waals surface area contributed by atoms with E-state index in [-0.39, 0.29) is 5.82 Å². The third kappa shape index (κ3) is 3.64. The van der Waals surface area contributed by atoms with Crippen LogP contribution in [0.3, 0.4) is 0 Å². The first kappa shape index (κ1) is 13.3. The molecule has 19 heavy (non-hydrogen) atoms. The van der Waals surface area contributed by atoms with Crippen molar-refractivity contribution in [1.29, 1.82) is 0 Å². The molecule has 100 valence electrons. The van der Waals surface area contributed by atoms with Gasteiger partial charge in [-0.3, -0.25) is 9.48 Å². The largest absolute Gasteiger partial charge is 0.481 e. The van der Waals surface area contributed by atoms with Crippen LogP contribution in [0.1, 0.15) is 11.1 Å². The van der Waals surface area contributed by atoms with Crippen LogP contribution >= 0.6 is 0 Å². The van der Waals surface area contributed by atoms with Crippen LogP contribution in [-0.4, -0.2) is 20.9 Å². The highest BCUT2D eigenvalue weighted by Gasteiger charge is 2.19. The SMILES string of the molecule is Cn1cc(CC(Cc2cccc(F)c2)C(=O)O)cn1. The highest BCUT2D eigenvalue weighted by molar-refractivity contribution is 5.70. The van der Waals surface area contributed by atoms with Crippen LogP contribution in [0.4, 0.5) is 4.39 Å². The third-order valence-corrected chi connectivity index (χ3v) is 2.96. The number of nitrogens with zero attached hydrogens (tertiary/aromatic N) is 2. The highest BCUT2D eigenvalue weighted by Crippen LogP contribution is 2.15. The number of benzene rings is 1. The van der Waals surface area contributed by atoms with Gasteiger partial charge >= 0.3 is 5.97 Å². The average Bonchev–Trinajstić information content (AvgIpc) is 2.74. The van der Waals surface area contributed by atoms with E-state index in [0.29, 0.717) is 18.4 Å². The minimum absolute atomic E-state index is 0.308. The number of carbonyl (C=O) groups is 1. The summed E-state index contributed by atoms with van der Waals surface area (Å²) in [6.45, 7) is 0. The van der Waals surface area contributed by atoms with Crippen LogP contribution in [0.2, 0.25) is 0 Å². The molecule has 4 nitrogen and oxygen atoms in total. The monoisotopic (exact) mass is 262 g/mol. The van der Waals surface area contributed by atoms with E-state index in [2.05, 4.69) is 5.10 Å². The maximum atomic E-state index is 13.1. The first-order valence-electron chi connectivity index (χ1n) is 5.99. The van der Waals surface area contributed by atoms with E-state index in [1.807, 2.05) is 0 Å². The molecule has 0 saturated carbocycles. The summed E-state index contributed by atoms with van der Waals surface area (Å²) in [5, 5.41) is 13.3. The normalized spacial score (nSPS) is 12.3. The fourth-order valence-electron chi connectivity index (χ4n) is 2.06. The summed E-state index contributed by atoms with van der Waals surface area (Å²) in [5.74, 6) is -1.80. The minimum Gasteiger partial charge on any atom is -0.481 e. The van der Waals surface area contributed by atoms with E-state index in [1.54, 1.807) is 36.3 Å². The summed E-state index contributed by atoms with van der Waals surface area (Å²) in [6.07, 6.45) is 4.14. The van der Waals surface area contributed by atoms with Crippen molar-refractivity contribution in [2.24, 2.45) is 13.0 Å². The Bertz CT molecular complexity index is 580. The topological polar surface area (TPSA) is 55.1 Å². The number of hydrogen-bond donors (Lipinski definition) is 1. The predicted octanol–water partition coefficient (Wildman–Crippen LogP) is 2.05. The Kier molecular flexibility index (Phi) is 3.94. The molecule has 0 aliphatic carbocycles. The third-order valence-electron chi connectivity index (χ3n) is 2.96. The second kappa shape index (κ2) is 5.65. The summed E-state index contributed by atoms with van der Waals surface area (Å²) >= 11 is 0. The summed E-state index contributed by atoms with van der Waals surface area (Å²) in [5.41, 5.74) is 1.56. The van der Waals surface area contributed by atoms with Crippen molar-refractivity contribution < 1.29 is 14.3 Å². The van der Waals surface area contributed by atoms with E-state index in [4.69, 9.17) is 0 Å². The van der Waals surface area contributed by atoms with E-state index >= 15 is 0 Å². The molecule has 1 atom stereocenters. The number of halogens is 1. The molecular weight excluding hydrogens is 247 g/mol. The van der Waals surface area contributed by atoms with Crippen molar-refractivity contribution in [1.82, 2.24) is 9.78 Å². The molecule has 1 heterocycles.